The Morgan fingerprint density at radius 1 is 1.14 bits per heavy atom. The van der Waals surface area contributed by atoms with Crippen LogP contribution < -0.4 is 5.32 Å². The lowest BCUT2D eigenvalue weighted by molar-refractivity contribution is -0.222. The molecule has 0 aliphatic carbocycles. The minimum atomic E-state index is -4.65. The first-order chi connectivity index (χ1) is 13.0. The van der Waals surface area contributed by atoms with Gasteiger partial charge in [-0.2, -0.15) is 18.3 Å². The maximum Gasteiger partial charge on any atom is 0.435 e. The van der Waals surface area contributed by atoms with Crippen LogP contribution in [0.15, 0.2) is 42.2 Å². The fourth-order valence-electron chi connectivity index (χ4n) is 2.33. The van der Waals surface area contributed by atoms with E-state index in [-0.39, 0.29) is 11.4 Å². The third-order valence-electron chi connectivity index (χ3n) is 3.57. The van der Waals surface area contributed by atoms with Gasteiger partial charge in [0.25, 0.3) is 5.79 Å². The maximum atomic E-state index is 14.3. The van der Waals surface area contributed by atoms with E-state index in [1.54, 1.807) is 0 Å². The predicted octanol–water partition coefficient (Wildman–Crippen LogP) is 3.16. The normalized spacial score (nSPS) is 16.4. The van der Waals surface area contributed by atoms with Crippen LogP contribution in [0.25, 0.3) is 5.69 Å². The lowest BCUT2D eigenvalue weighted by Crippen LogP contribution is -2.42. The van der Waals surface area contributed by atoms with E-state index in [9.17, 15) is 27.2 Å². The molecule has 0 saturated carbocycles. The standard InChI is InChI=1S/C17H13F4N3O4/c1-16(2)27-14(25)10(15(26)28-16)8-22-9-3-4-12(11(18)7-9)24-6-5-13(23-24)17(19,20)21/h3-8,22H,1-2H3. The van der Waals surface area contributed by atoms with Crippen LogP contribution >= 0.6 is 0 Å². The molecule has 0 bridgehead atoms. The number of ether oxygens (including phenoxy) is 2. The van der Waals surface area contributed by atoms with Crippen LogP contribution in [0, 0.1) is 5.82 Å². The summed E-state index contributed by atoms with van der Waals surface area (Å²) in [6, 6.07) is 4.19. The zero-order chi connectivity index (χ0) is 20.7. The molecule has 148 valence electrons. The molecule has 7 nitrogen and oxygen atoms in total. The van der Waals surface area contributed by atoms with Crippen LogP contribution in [-0.4, -0.2) is 27.5 Å². The summed E-state index contributed by atoms with van der Waals surface area (Å²) in [4.78, 5) is 23.6. The van der Waals surface area contributed by atoms with Gasteiger partial charge in [0.2, 0.25) is 0 Å². The van der Waals surface area contributed by atoms with Crippen LogP contribution in [-0.2, 0) is 25.2 Å². The van der Waals surface area contributed by atoms with Gasteiger partial charge in [0.15, 0.2) is 17.1 Å². The molecule has 2 heterocycles. The van der Waals surface area contributed by atoms with Gasteiger partial charge in [0.05, 0.1) is 0 Å². The van der Waals surface area contributed by atoms with E-state index < -0.39 is 41.0 Å². The fraction of sp³-hybridized carbons (Fsp3) is 0.235. The minimum absolute atomic E-state index is 0.127. The summed E-state index contributed by atoms with van der Waals surface area (Å²) in [7, 11) is 0. The van der Waals surface area contributed by atoms with Crippen molar-refractivity contribution in [1.82, 2.24) is 9.78 Å². The van der Waals surface area contributed by atoms with Crippen LogP contribution in [0.1, 0.15) is 19.5 Å². The summed E-state index contributed by atoms with van der Waals surface area (Å²) in [6.45, 7) is 2.78. The number of hydrogen-bond donors (Lipinski definition) is 1. The number of carbonyl (C=O) groups excluding carboxylic acids is 2. The molecule has 1 aliphatic heterocycles. The molecule has 1 aromatic heterocycles. The number of alkyl halides is 3. The molecule has 1 fully saturated rings. The van der Waals surface area contributed by atoms with Crippen molar-refractivity contribution in [3.8, 4) is 5.69 Å². The third-order valence-corrected chi connectivity index (χ3v) is 3.57. The summed E-state index contributed by atoms with van der Waals surface area (Å²) in [6.07, 6.45) is -2.68. The van der Waals surface area contributed by atoms with Crippen molar-refractivity contribution >= 4 is 17.6 Å². The molecule has 0 spiro atoms. The van der Waals surface area contributed by atoms with E-state index in [4.69, 9.17) is 9.47 Å². The third kappa shape index (κ3) is 3.97. The molecular weight excluding hydrogens is 386 g/mol. The van der Waals surface area contributed by atoms with Gasteiger partial charge >= 0.3 is 18.1 Å². The molecule has 0 unspecified atom stereocenters. The van der Waals surface area contributed by atoms with Gasteiger partial charge in [0.1, 0.15) is 5.69 Å². The first-order valence-electron chi connectivity index (χ1n) is 7.82. The minimum Gasteiger partial charge on any atom is -0.419 e. The quantitative estimate of drug-likeness (QED) is 0.370. The summed E-state index contributed by atoms with van der Waals surface area (Å²) in [5.41, 5.74) is -1.67. The molecule has 0 atom stereocenters. The van der Waals surface area contributed by atoms with Crippen LogP contribution in [0.2, 0.25) is 0 Å². The second-order valence-electron chi connectivity index (χ2n) is 6.19. The molecule has 1 aliphatic rings. The van der Waals surface area contributed by atoms with Gasteiger partial charge in [0, 0.05) is 31.9 Å². The van der Waals surface area contributed by atoms with E-state index in [1.807, 2.05) is 0 Å². The van der Waals surface area contributed by atoms with Gasteiger partial charge in [-0.3, -0.25) is 0 Å². The summed E-state index contributed by atoms with van der Waals surface area (Å²) >= 11 is 0. The molecule has 1 aromatic carbocycles. The molecule has 11 heteroatoms. The lowest BCUT2D eigenvalue weighted by Gasteiger charge is -2.29. The lowest BCUT2D eigenvalue weighted by atomic mass is 10.2. The number of benzene rings is 1. The van der Waals surface area contributed by atoms with Crippen molar-refractivity contribution in [2.75, 3.05) is 5.32 Å². The first kappa shape index (κ1) is 19.4. The molecule has 2 aromatic rings. The van der Waals surface area contributed by atoms with Gasteiger partial charge in [-0.05, 0) is 24.3 Å². The second-order valence-corrected chi connectivity index (χ2v) is 6.19. The molecule has 28 heavy (non-hydrogen) atoms. The van der Waals surface area contributed by atoms with E-state index in [2.05, 4.69) is 10.4 Å². The van der Waals surface area contributed by atoms with Crippen molar-refractivity contribution in [2.45, 2.75) is 25.8 Å². The average Bonchev–Trinajstić information content (AvgIpc) is 3.03. The average molecular weight is 399 g/mol. The smallest absolute Gasteiger partial charge is 0.419 e. The monoisotopic (exact) mass is 399 g/mol. The van der Waals surface area contributed by atoms with Crippen molar-refractivity contribution in [3.63, 3.8) is 0 Å². The number of cyclic esters (lactones) is 2. The SMILES string of the molecule is CC1(C)OC(=O)C(=CNc2ccc(-n3ccc(C(F)(F)F)n3)c(F)c2)C(=O)O1. The van der Waals surface area contributed by atoms with Crippen molar-refractivity contribution < 1.29 is 36.6 Å². The Bertz CT molecular complexity index is 957. The Morgan fingerprint density at radius 3 is 2.32 bits per heavy atom. The molecule has 0 amide bonds. The Morgan fingerprint density at radius 2 is 1.79 bits per heavy atom. The Labute approximate surface area is 155 Å². The molecule has 1 saturated heterocycles. The summed E-state index contributed by atoms with van der Waals surface area (Å²) < 4.78 is 62.7. The highest BCUT2D eigenvalue weighted by Gasteiger charge is 2.39. The largest absolute Gasteiger partial charge is 0.435 e. The topological polar surface area (TPSA) is 82.5 Å². The fourth-order valence-corrected chi connectivity index (χ4v) is 2.33. The van der Waals surface area contributed by atoms with Crippen LogP contribution in [0.3, 0.4) is 0 Å². The van der Waals surface area contributed by atoms with Crippen LogP contribution in [0.5, 0.6) is 0 Å². The Hall–Kier alpha value is -3.37. The number of anilines is 1. The van der Waals surface area contributed by atoms with Crippen LogP contribution in [0.4, 0.5) is 23.2 Å². The molecule has 0 radical (unpaired) electrons. The number of halogens is 4. The number of esters is 2. The zero-order valence-corrected chi connectivity index (χ0v) is 14.5. The van der Waals surface area contributed by atoms with E-state index >= 15 is 0 Å². The number of nitrogens with one attached hydrogen (secondary N) is 1. The van der Waals surface area contributed by atoms with E-state index in [1.165, 1.54) is 26.0 Å². The number of nitrogens with zero attached hydrogens (tertiary/aromatic N) is 2. The Kier molecular flexibility index (Phi) is 4.61. The number of hydrogen-bond acceptors (Lipinski definition) is 6. The van der Waals surface area contributed by atoms with Crippen molar-refractivity contribution in [1.29, 1.82) is 0 Å². The van der Waals surface area contributed by atoms with Crippen molar-refractivity contribution in [3.05, 3.63) is 53.7 Å². The molecule has 3 rings (SSSR count). The second kappa shape index (κ2) is 6.66. The van der Waals surface area contributed by atoms with E-state index in [0.29, 0.717) is 0 Å². The predicted molar refractivity (Wildman–Crippen MR) is 86.5 cm³/mol. The van der Waals surface area contributed by atoms with Gasteiger partial charge in [-0.15, -0.1) is 0 Å². The van der Waals surface area contributed by atoms with E-state index in [0.717, 1.165) is 29.2 Å². The number of carbonyl (C=O) groups is 2. The molecule has 1 N–H and O–H groups in total. The van der Waals surface area contributed by atoms with Gasteiger partial charge in [-0.25, -0.2) is 18.7 Å². The van der Waals surface area contributed by atoms with Gasteiger partial charge in [-0.1, -0.05) is 0 Å². The zero-order valence-electron chi connectivity index (χ0n) is 14.5. The molecular formula is C17H13F4N3O4. The highest BCUT2D eigenvalue weighted by molar-refractivity contribution is 6.15. The first-order valence-corrected chi connectivity index (χ1v) is 7.82. The summed E-state index contributed by atoms with van der Waals surface area (Å²) in [5, 5.41) is 5.83. The summed E-state index contributed by atoms with van der Waals surface area (Å²) in [5.74, 6) is -4.10. The number of aromatic nitrogens is 2. The highest BCUT2D eigenvalue weighted by atomic mass is 19.4. The maximum absolute atomic E-state index is 14.3. The highest BCUT2D eigenvalue weighted by Crippen LogP contribution is 2.28. The Balaban J connectivity index is 1.79. The van der Waals surface area contributed by atoms with Crippen molar-refractivity contribution in [2.24, 2.45) is 0 Å². The van der Waals surface area contributed by atoms with Gasteiger partial charge < -0.3 is 14.8 Å². The number of rotatable bonds is 3.